The van der Waals surface area contributed by atoms with E-state index < -0.39 is 5.54 Å². The van der Waals surface area contributed by atoms with Crippen molar-refractivity contribution in [3.8, 4) is 0 Å². The number of H-pyrrole nitrogens is 1. The number of pyridine rings is 1. The van der Waals surface area contributed by atoms with Gasteiger partial charge in [0.05, 0.1) is 10.9 Å². The van der Waals surface area contributed by atoms with Crippen LogP contribution < -0.4 is 16.0 Å². The average Bonchev–Trinajstić information content (AvgIpc) is 3.16. The monoisotopic (exact) mass is 351 g/mol. The van der Waals surface area contributed by atoms with Crippen molar-refractivity contribution >= 4 is 22.8 Å². The van der Waals surface area contributed by atoms with Crippen LogP contribution >= 0.6 is 0 Å². The second-order valence-electron chi connectivity index (χ2n) is 6.62. The number of fused-ring (bicyclic) bond motifs is 1. The molecule has 0 radical (unpaired) electrons. The SMILES string of the molecule is NC1(C(=O)NCc2ccncc2)CCN(c2ncnc3[nH]ccc23)CC1. The lowest BCUT2D eigenvalue weighted by molar-refractivity contribution is -0.127. The van der Waals surface area contributed by atoms with E-state index in [1.165, 1.54) is 0 Å². The van der Waals surface area contributed by atoms with Gasteiger partial charge in [-0.1, -0.05) is 0 Å². The summed E-state index contributed by atoms with van der Waals surface area (Å²) in [5, 5.41) is 3.93. The Hall–Kier alpha value is -3.00. The molecule has 4 heterocycles. The number of amides is 1. The maximum Gasteiger partial charge on any atom is 0.240 e. The summed E-state index contributed by atoms with van der Waals surface area (Å²) in [6.07, 6.45) is 7.98. The Bertz CT molecular complexity index is 900. The minimum Gasteiger partial charge on any atom is -0.356 e. The van der Waals surface area contributed by atoms with Gasteiger partial charge in [-0.05, 0) is 36.6 Å². The summed E-state index contributed by atoms with van der Waals surface area (Å²) in [5.41, 5.74) is 7.38. The summed E-state index contributed by atoms with van der Waals surface area (Å²) >= 11 is 0. The third-order valence-electron chi connectivity index (χ3n) is 4.94. The van der Waals surface area contributed by atoms with E-state index in [0.717, 1.165) is 22.4 Å². The molecule has 0 atom stereocenters. The zero-order valence-corrected chi connectivity index (χ0v) is 14.4. The number of carbonyl (C=O) groups is 1. The van der Waals surface area contributed by atoms with E-state index in [-0.39, 0.29) is 5.91 Å². The number of rotatable bonds is 4. The number of piperidine rings is 1. The highest BCUT2D eigenvalue weighted by Crippen LogP contribution is 2.28. The molecule has 1 amide bonds. The zero-order valence-electron chi connectivity index (χ0n) is 14.4. The Balaban J connectivity index is 1.40. The van der Waals surface area contributed by atoms with Crippen molar-refractivity contribution in [3.63, 3.8) is 0 Å². The van der Waals surface area contributed by atoms with Gasteiger partial charge in [0.25, 0.3) is 0 Å². The Morgan fingerprint density at radius 2 is 2.00 bits per heavy atom. The van der Waals surface area contributed by atoms with Gasteiger partial charge in [-0.15, -0.1) is 0 Å². The molecular formula is C18H21N7O. The van der Waals surface area contributed by atoms with Gasteiger partial charge < -0.3 is 20.9 Å². The number of nitrogens with one attached hydrogen (secondary N) is 2. The van der Waals surface area contributed by atoms with E-state index in [0.29, 0.717) is 32.5 Å². The minimum atomic E-state index is -0.853. The van der Waals surface area contributed by atoms with Crippen molar-refractivity contribution in [1.29, 1.82) is 0 Å². The number of aromatic nitrogens is 4. The Kier molecular flexibility index (Phi) is 4.26. The van der Waals surface area contributed by atoms with Crippen LogP contribution in [0.2, 0.25) is 0 Å². The smallest absolute Gasteiger partial charge is 0.240 e. The molecule has 4 N–H and O–H groups in total. The first kappa shape index (κ1) is 16.5. The lowest BCUT2D eigenvalue weighted by Gasteiger charge is -2.38. The summed E-state index contributed by atoms with van der Waals surface area (Å²) in [4.78, 5) is 30.5. The molecule has 4 rings (SSSR count). The van der Waals surface area contributed by atoms with E-state index in [1.807, 2.05) is 24.4 Å². The van der Waals surface area contributed by atoms with Crippen LogP contribution in [0.25, 0.3) is 11.0 Å². The third kappa shape index (κ3) is 3.11. The molecule has 1 aliphatic rings. The van der Waals surface area contributed by atoms with Crippen LogP contribution in [-0.4, -0.2) is 44.5 Å². The summed E-state index contributed by atoms with van der Waals surface area (Å²) in [5.74, 6) is 0.777. The summed E-state index contributed by atoms with van der Waals surface area (Å²) < 4.78 is 0. The topological polar surface area (TPSA) is 113 Å². The van der Waals surface area contributed by atoms with Crippen molar-refractivity contribution in [3.05, 3.63) is 48.7 Å². The number of aromatic amines is 1. The lowest BCUT2D eigenvalue weighted by Crippen LogP contribution is -2.59. The molecule has 1 fully saturated rings. The van der Waals surface area contributed by atoms with Gasteiger partial charge >= 0.3 is 0 Å². The molecule has 134 valence electrons. The van der Waals surface area contributed by atoms with Crippen LogP contribution in [0.15, 0.2) is 43.1 Å². The Morgan fingerprint density at radius 3 is 2.77 bits per heavy atom. The molecule has 3 aromatic heterocycles. The first-order valence-corrected chi connectivity index (χ1v) is 8.65. The van der Waals surface area contributed by atoms with Crippen molar-refractivity contribution in [2.45, 2.75) is 24.9 Å². The van der Waals surface area contributed by atoms with Gasteiger partial charge in [0.15, 0.2) is 0 Å². The Morgan fingerprint density at radius 1 is 1.23 bits per heavy atom. The van der Waals surface area contributed by atoms with E-state index >= 15 is 0 Å². The van der Waals surface area contributed by atoms with Crippen LogP contribution in [0.5, 0.6) is 0 Å². The predicted molar refractivity (Wildman–Crippen MR) is 98.3 cm³/mol. The minimum absolute atomic E-state index is 0.108. The number of nitrogens with zero attached hydrogens (tertiary/aromatic N) is 4. The molecule has 8 heteroatoms. The highest BCUT2D eigenvalue weighted by Gasteiger charge is 2.38. The molecule has 0 unspecified atom stereocenters. The fraction of sp³-hybridized carbons (Fsp3) is 0.333. The molecule has 0 bridgehead atoms. The molecule has 0 saturated carbocycles. The van der Waals surface area contributed by atoms with Gasteiger partial charge in [-0.3, -0.25) is 9.78 Å². The second kappa shape index (κ2) is 6.72. The third-order valence-corrected chi connectivity index (χ3v) is 4.94. The lowest BCUT2D eigenvalue weighted by atomic mass is 9.87. The molecule has 0 aromatic carbocycles. The standard InChI is InChI=1S/C18H21N7O/c19-18(17(26)22-11-13-1-6-20-7-2-13)4-9-25(10-5-18)16-14-3-8-21-15(14)23-12-24-16/h1-3,6-8,12H,4-5,9-11,19H2,(H,22,26)(H,21,23,24). The molecule has 3 aromatic rings. The fourth-order valence-electron chi connectivity index (χ4n) is 3.31. The van der Waals surface area contributed by atoms with E-state index in [4.69, 9.17) is 5.73 Å². The summed E-state index contributed by atoms with van der Waals surface area (Å²) in [6, 6.07) is 5.73. The van der Waals surface area contributed by atoms with Crippen LogP contribution in [0.4, 0.5) is 5.82 Å². The fourth-order valence-corrected chi connectivity index (χ4v) is 3.31. The Labute approximate surface area is 150 Å². The zero-order chi connectivity index (χ0) is 18.0. The number of nitrogens with two attached hydrogens (primary N) is 1. The number of carbonyl (C=O) groups excluding carboxylic acids is 1. The van der Waals surface area contributed by atoms with E-state index in [9.17, 15) is 4.79 Å². The van der Waals surface area contributed by atoms with Crippen molar-refractivity contribution in [2.75, 3.05) is 18.0 Å². The highest BCUT2D eigenvalue weighted by molar-refractivity contribution is 5.88. The van der Waals surface area contributed by atoms with Crippen LogP contribution in [0, 0.1) is 0 Å². The quantitative estimate of drug-likeness (QED) is 0.645. The summed E-state index contributed by atoms with van der Waals surface area (Å²) in [6.45, 7) is 1.81. The molecule has 26 heavy (non-hydrogen) atoms. The van der Waals surface area contributed by atoms with Crippen LogP contribution in [0.1, 0.15) is 18.4 Å². The van der Waals surface area contributed by atoms with Crippen molar-refractivity contribution in [2.24, 2.45) is 5.73 Å². The number of anilines is 1. The van der Waals surface area contributed by atoms with Gasteiger partial charge in [-0.25, -0.2) is 9.97 Å². The first-order valence-electron chi connectivity index (χ1n) is 8.65. The molecule has 0 spiro atoms. The summed E-state index contributed by atoms with van der Waals surface area (Å²) in [7, 11) is 0. The van der Waals surface area contributed by atoms with Gasteiger partial charge in [0.2, 0.25) is 5.91 Å². The molecular weight excluding hydrogens is 330 g/mol. The van der Waals surface area contributed by atoms with Crippen LogP contribution in [0.3, 0.4) is 0 Å². The van der Waals surface area contributed by atoms with E-state index in [1.54, 1.807) is 18.7 Å². The predicted octanol–water partition coefficient (Wildman–Crippen LogP) is 0.967. The number of hydrogen-bond acceptors (Lipinski definition) is 6. The maximum absolute atomic E-state index is 12.6. The van der Waals surface area contributed by atoms with Crippen LogP contribution in [-0.2, 0) is 11.3 Å². The normalized spacial score (nSPS) is 16.6. The van der Waals surface area contributed by atoms with E-state index in [2.05, 4.69) is 30.2 Å². The van der Waals surface area contributed by atoms with Gasteiger partial charge in [-0.2, -0.15) is 0 Å². The maximum atomic E-state index is 12.6. The average molecular weight is 351 g/mol. The number of hydrogen-bond donors (Lipinski definition) is 3. The van der Waals surface area contributed by atoms with Crippen molar-refractivity contribution in [1.82, 2.24) is 25.3 Å². The highest BCUT2D eigenvalue weighted by atomic mass is 16.2. The van der Waals surface area contributed by atoms with Gasteiger partial charge in [0, 0.05) is 38.2 Å². The first-order chi connectivity index (χ1) is 12.7. The molecule has 0 aliphatic carbocycles. The molecule has 1 saturated heterocycles. The second-order valence-corrected chi connectivity index (χ2v) is 6.62. The van der Waals surface area contributed by atoms with Crippen molar-refractivity contribution < 1.29 is 4.79 Å². The molecule has 8 nitrogen and oxygen atoms in total. The molecule has 1 aliphatic heterocycles. The largest absolute Gasteiger partial charge is 0.356 e. The van der Waals surface area contributed by atoms with Gasteiger partial charge in [0.1, 0.15) is 17.8 Å².